The molecule has 4 saturated carbocycles. The lowest BCUT2D eigenvalue weighted by atomic mass is 9.54. The summed E-state index contributed by atoms with van der Waals surface area (Å²) in [4.78, 5) is 22.4. The summed E-state index contributed by atoms with van der Waals surface area (Å²) in [5.41, 5.74) is -0.0811. The molecule has 4 aliphatic carbocycles. The number of carbonyl (C=O) groups is 1. The van der Waals surface area contributed by atoms with Gasteiger partial charge in [-0.2, -0.15) is 5.10 Å². The minimum atomic E-state index is -0.501. The Morgan fingerprint density at radius 3 is 2.45 bits per heavy atom. The summed E-state index contributed by atoms with van der Waals surface area (Å²) in [5.74, 6) is 2.93. The van der Waals surface area contributed by atoms with E-state index in [0.29, 0.717) is 17.9 Å². The van der Waals surface area contributed by atoms with Crippen LogP contribution in [0.1, 0.15) is 32.1 Å². The van der Waals surface area contributed by atoms with Gasteiger partial charge >= 0.3 is 5.69 Å². The molecular weight excluding hydrogens is 284 g/mol. The van der Waals surface area contributed by atoms with Gasteiger partial charge in [-0.25, -0.2) is 0 Å². The highest BCUT2D eigenvalue weighted by atomic mass is 16.6. The maximum Gasteiger partial charge on any atom is 0.307 e. The molecule has 1 heterocycles. The van der Waals surface area contributed by atoms with Gasteiger partial charge in [0.05, 0.1) is 4.92 Å². The molecule has 1 aromatic heterocycles. The molecule has 0 atom stereocenters. The van der Waals surface area contributed by atoms with E-state index < -0.39 is 4.92 Å². The van der Waals surface area contributed by atoms with Crippen molar-refractivity contribution in [2.75, 3.05) is 0 Å². The van der Waals surface area contributed by atoms with Gasteiger partial charge in [0.1, 0.15) is 18.9 Å². The van der Waals surface area contributed by atoms with Crippen molar-refractivity contribution in [1.82, 2.24) is 15.1 Å². The highest BCUT2D eigenvalue weighted by Gasteiger charge is 2.48. The zero-order valence-corrected chi connectivity index (χ0v) is 12.4. The summed E-state index contributed by atoms with van der Waals surface area (Å²) >= 11 is 0. The van der Waals surface area contributed by atoms with E-state index in [0.717, 1.165) is 11.8 Å². The van der Waals surface area contributed by atoms with Crippen molar-refractivity contribution in [3.63, 3.8) is 0 Å². The van der Waals surface area contributed by atoms with Gasteiger partial charge in [0.25, 0.3) is 0 Å². The molecule has 118 valence electrons. The average Bonchev–Trinajstić information content (AvgIpc) is 2.90. The second-order valence-corrected chi connectivity index (χ2v) is 7.18. The summed E-state index contributed by atoms with van der Waals surface area (Å²) in [5, 5.41) is 17.7. The fourth-order valence-electron chi connectivity index (χ4n) is 5.07. The first kappa shape index (κ1) is 13.7. The maximum atomic E-state index is 12.2. The molecule has 0 saturated heterocycles. The molecule has 0 spiro atoms. The molecule has 0 aromatic carbocycles. The third-order valence-corrected chi connectivity index (χ3v) is 5.69. The van der Waals surface area contributed by atoms with Gasteiger partial charge in [-0.05, 0) is 55.8 Å². The fraction of sp³-hybridized carbons (Fsp3) is 0.733. The molecule has 0 aliphatic heterocycles. The second kappa shape index (κ2) is 5.07. The standard InChI is InChI=1S/C15H20N4O3/c20-14(8-18-7-13(6-16-18)19(21)22)17-15-11-2-9-1-10(4-11)5-12(15)3-9/h6-7,9-12,15H,1-5,8H2,(H,17,20). The smallest absolute Gasteiger partial charge is 0.307 e. The SMILES string of the molecule is O=C(Cn1cc([N+](=O)[O-])cn1)NC1C2CC3CC(C2)CC1C3. The van der Waals surface area contributed by atoms with E-state index in [-0.39, 0.29) is 18.1 Å². The molecule has 22 heavy (non-hydrogen) atoms. The third kappa shape index (κ3) is 2.38. The van der Waals surface area contributed by atoms with Gasteiger partial charge in [0.2, 0.25) is 5.91 Å². The van der Waals surface area contributed by atoms with Gasteiger partial charge < -0.3 is 5.32 Å². The van der Waals surface area contributed by atoms with Crippen molar-refractivity contribution in [2.24, 2.45) is 23.7 Å². The van der Waals surface area contributed by atoms with Crippen molar-refractivity contribution in [3.05, 3.63) is 22.5 Å². The number of nitrogens with zero attached hydrogens (tertiary/aromatic N) is 3. The van der Waals surface area contributed by atoms with Crippen LogP contribution in [0.2, 0.25) is 0 Å². The zero-order valence-electron chi connectivity index (χ0n) is 12.4. The van der Waals surface area contributed by atoms with Crippen LogP contribution in [0.3, 0.4) is 0 Å². The lowest BCUT2D eigenvalue weighted by Crippen LogP contribution is -2.56. The third-order valence-electron chi connectivity index (χ3n) is 5.69. The number of amides is 1. The Balaban J connectivity index is 1.38. The predicted octanol–water partition coefficient (Wildman–Crippen LogP) is 1.73. The number of hydrogen-bond donors (Lipinski definition) is 1. The lowest BCUT2D eigenvalue weighted by Gasteiger charge is -2.54. The lowest BCUT2D eigenvalue weighted by molar-refractivity contribution is -0.385. The molecule has 4 fully saturated rings. The number of nitrogens with one attached hydrogen (secondary N) is 1. The van der Waals surface area contributed by atoms with Crippen LogP contribution >= 0.6 is 0 Å². The quantitative estimate of drug-likeness (QED) is 0.677. The number of aromatic nitrogens is 2. The van der Waals surface area contributed by atoms with Crippen LogP contribution in [0.25, 0.3) is 0 Å². The van der Waals surface area contributed by atoms with E-state index in [9.17, 15) is 14.9 Å². The van der Waals surface area contributed by atoms with Crippen LogP contribution in [0, 0.1) is 33.8 Å². The molecule has 0 unspecified atom stereocenters. The maximum absolute atomic E-state index is 12.2. The van der Waals surface area contributed by atoms with E-state index in [1.165, 1.54) is 49.2 Å². The fourth-order valence-corrected chi connectivity index (χ4v) is 5.07. The highest BCUT2D eigenvalue weighted by Crippen LogP contribution is 2.53. The van der Waals surface area contributed by atoms with Crippen LogP contribution in [0.15, 0.2) is 12.4 Å². The van der Waals surface area contributed by atoms with Gasteiger partial charge in [-0.1, -0.05) is 0 Å². The minimum absolute atomic E-state index is 0.0522. The Hall–Kier alpha value is -1.92. The minimum Gasteiger partial charge on any atom is -0.351 e. The summed E-state index contributed by atoms with van der Waals surface area (Å²) < 4.78 is 1.34. The molecule has 1 amide bonds. The molecule has 7 heteroatoms. The summed E-state index contributed by atoms with van der Waals surface area (Å²) in [6.45, 7) is 0.0522. The Labute approximate surface area is 128 Å². The zero-order chi connectivity index (χ0) is 15.3. The highest BCUT2D eigenvalue weighted by molar-refractivity contribution is 5.76. The summed E-state index contributed by atoms with van der Waals surface area (Å²) in [6.07, 6.45) is 8.89. The van der Waals surface area contributed by atoms with E-state index in [1.54, 1.807) is 0 Å². The molecule has 0 radical (unpaired) electrons. The van der Waals surface area contributed by atoms with Gasteiger partial charge in [-0.3, -0.25) is 19.6 Å². The molecule has 7 nitrogen and oxygen atoms in total. The van der Waals surface area contributed by atoms with Crippen LogP contribution in [-0.2, 0) is 11.3 Å². The van der Waals surface area contributed by atoms with Gasteiger partial charge in [0.15, 0.2) is 0 Å². The number of rotatable bonds is 4. The first-order chi connectivity index (χ1) is 10.6. The van der Waals surface area contributed by atoms with Crippen molar-refractivity contribution in [3.8, 4) is 0 Å². The van der Waals surface area contributed by atoms with Gasteiger partial charge in [0, 0.05) is 6.04 Å². The number of hydrogen-bond acceptors (Lipinski definition) is 4. The monoisotopic (exact) mass is 304 g/mol. The second-order valence-electron chi connectivity index (χ2n) is 7.18. The van der Waals surface area contributed by atoms with Crippen molar-refractivity contribution in [1.29, 1.82) is 0 Å². The van der Waals surface area contributed by atoms with Crippen LogP contribution < -0.4 is 5.32 Å². The topological polar surface area (TPSA) is 90.1 Å². The van der Waals surface area contributed by atoms with Crippen molar-refractivity contribution in [2.45, 2.75) is 44.7 Å². The number of nitro groups is 1. The van der Waals surface area contributed by atoms with E-state index in [4.69, 9.17) is 0 Å². The largest absolute Gasteiger partial charge is 0.351 e. The predicted molar refractivity (Wildman–Crippen MR) is 77.9 cm³/mol. The Morgan fingerprint density at radius 1 is 1.27 bits per heavy atom. The molecule has 4 bridgehead atoms. The van der Waals surface area contributed by atoms with E-state index in [2.05, 4.69) is 10.4 Å². The van der Waals surface area contributed by atoms with Crippen molar-refractivity contribution >= 4 is 11.6 Å². The van der Waals surface area contributed by atoms with Crippen LogP contribution in [0.4, 0.5) is 5.69 Å². The van der Waals surface area contributed by atoms with E-state index >= 15 is 0 Å². The Bertz CT molecular complexity index is 584. The molecule has 1 N–H and O–H groups in total. The average molecular weight is 304 g/mol. The van der Waals surface area contributed by atoms with E-state index in [1.807, 2.05) is 0 Å². The Kier molecular flexibility index (Phi) is 3.16. The van der Waals surface area contributed by atoms with Crippen LogP contribution in [-0.4, -0.2) is 26.7 Å². The molecular formula is C15H20N4O3. The molecule has 1 aromatic rings. The van der Waals surface area contributed by atoms with Crippen molar-refractivity contribution < 1.29 is 9.72 Å². The van der Waals surface area contributed by atoms with Crippen LogP contribution in [0.5, 0.6) is 0 Å². The molecule has 5 rings (SSSR count). The first-order valence-corrected chi connectivity index (χ1v) is 8.04. The molecule has 4 aliphatic rings. The normalized spacial score (nSPS) is 35.5. The Morgan fingerprint density at radius 2 is 1.91 bits per heavy atom. The first-order valence-electron chi connectivity index (χ1n) is 8.04. The summed E-state index contributed by atoms with van der Waals surface area (Å²) in [6, 6.07) is 0.297. The number of carbonyl (C=O) groups excluding carboxylic acids is 1. The summed E-state index contributed by atoms with van der Waals surface area (Å²) in [7, 11) is 0. The van der Waals surface area contributed by atoms with Gasteiger partial charge in [-0.15, -0.1) is 0 Å².